The second kappa shape index (κ2) is 5.71. The van der Waals surface area contributed by atoms with Gasteiger partial charge in [0.05, 0.1) is 20.4 Å². The number of benzene rings is 1. The fourth-order valence-corrected chi connectivity index (χ4v) is 2.63. The summed E-state index contributed by atoms with van der Waals surface area (Å²) in [6, 6.07) is 5.35. The van der Waals surface area contributed by atoms with E-state index in [0.717, 1.165) is 12.0 Å². The van der Waals surface area contributed by atoms with E-state index in [1.54, 1.807) is 37.1 Å². The highest BCUT2D eigenvalue weighted by atomic mass is 16.5. The molecule has 0 saturated heterocycles. The summed E-state index contributed by atoms with van der Waals surface area (Å²) in [7, 11) is 5.03. The summed E-state index contributed by atoms with van der Waals surface area (Å²) in [4.78, 5) is 12.3. The van der Waals surface area contributed by atoms with E-state index in [9.17, 15) is 4.79 Å². The first-order valence-electron chi connectivity index (χ1n) is 7.14. The highest BCUT2D eigenvalue weighted by Crippen LogP contribution is 2.48. The van der Waals surface area contributed by atoms with Crippen LogP contribution in [0, 0.1) is 5.92 Å². The maximum absolute atomic E-state index is 12.3. The third-order valence-corrected chi connectivity index (χ3v) is 3.93. The van der Waals surface area contributed by atoms with Crippen LogP contribution in [0.25, 0.3) is 0 Å². The van der Waals surface area contributed by atoms with E-state index in [1.807, 2.05) is 19.4 Å². The number of aryl methyl sites for hydroxylation is 1. The Morgan fingerprint density at radius 3 is 2.73 bits per heavy atom. The molecule has 0 spiro atoms. The van der Waals surface area contributed by atoms with Crippen molar-refractivity contribution in [1.82, 2.24) is 9.78 Å². The van der Waals surface area contributed by atoms with Crippen molar-refractivity contribution in [3.8, 4) is 11.5 Å². The highest BCUT2D eigenvalue weighted by molar-refractivity contribution is 5.95. The molecule has 6 heteroatoms. The molecule has 1 aromatic heterocycles. The van der Waals surface area contributed by atoms with Crippen LogP contribution in [0.5, 0.6) is 11.5 Å². The molecular weight excluding hydrogens is 282 g/mol. The van der Waals surface area contributed by atoms with Crippen molar-refractivity contribution in [2.75, 3.05) is 19.5 Å². The van der Waals surface area contributed by atoms with Crippen molar-refractivity contribution in [1.29, 1.82) is 0 Å². The van der Waals surface area contributed by atoms with Crippen molar-refractivity contribution in [3.05, 3.63) is 36.2 Å². The summed E-state index contributed by atoms with van der Waals surface area (Å²) >= 11 is 0. The van der Waals surface area contributed by atoms with Crippen molar-refractivity contribution < 1.29 is 14.3 Å². The zero-order chi connectivity index (χ0) is 15.7. The van der Waals surface area contributed by atoms with Gasteiger partial charge >= 0.3 is 0 Å². The van der Waals surface area contributed by atoms with Crippen LogP contribution in [0.15, 0.2) is 30.6 Å². The molecule has 0 radical (unpaired) electrons. The number of carbonyl (C=O) groups excluding carboxylic acids is 1. The lowest BCUT2D eigenvalue weighted by Crippen LogP contribution is -2.14. The topological polar surface area (TPSA) is 65.4 Å². The van der Waals surface area contributed by atoms with Gasteiger partial charge in [0.1, 0.15) is 0 Å². The van der Waals surface area contributed by atoms with Crippen LogP contribution in [0.4, 0.5) is 5.69 Å². The van der Waals surface area contributed by atoms with Crippen LogP contribution < -0.4 is 14.8 Å². The number of carbonyl (C=O) groups is 1. The molecule has 2 aromatic rings. The zero-order valence-electron chi connectivity index (χ0n) is 12.9. The Hall–Kier alpha value is -2.50. The maximum atomic E-state index is 12.3. The Labute approximate surface area is 129 Å². The molecule has 1 saturated carbocycles. The first-order chi connectivity index (χ1) is 10.6. The van der Waals surface area contributed by atoms with Crippen LogP contribution in [0.1, 0.15) is 17.9 Å². The van der Waals surface area contributed by atoms with E-state index >= 15 is 0 Å². The van der Waals surface area contributed by atoms with Crippen LogP contribution in [-0.2, 0) is 11.8 Å². The van der Waals surface area contributed by atoms with Gasteiger partial charge in [-0.15, -0.1) is 0 Å². The van der Waals surface area contributed by atoms with Gasteiger partial charge in [-0.05, 0) is 30.0 Å². The second-order valence-corrected chi connectivity index (χ2v) is 5.46. The molecule has 2 atom stereocenters. The predicted octanol–water partition coefficient (Wildman–Crippen LogP) is 2.18. The van der Waals surface area contributed by atoms with Gasteiger partial charge in [-0.25, -0.2) is 0 Å². The van der Waals surface area contributed by atoms with Crippen molar-refractivity contribution in [2.24, 2.45) is 13.0 Å². The van der Waals surface area contributed by atoms with Gasteiger partial charge in [-0.2, -0.15) is 5.10 Å². The summed E-state index contributed by atoms with van der Waals surface area (Å²) in [6.45, 7) is 0. The van der Waals surface area contributed by atoms with E-state index in [1.165, 1.54) is 0 Å². The monoisotopic (exact) mass is 301 g/mol. The maximum Gasteiger partial charge on any atom is 0.228 e. The molecule has 116 valence electrons. The van der Waals surface area contributed by atoms with E-state index in [0.29, 0.717) is 17.2 Å². The number of rotatable bonds is 5. The summed E-state index contributed by atoms with van der Waals surface area (Å²) in [5, 5.41) is 7.09. The third kappa shape index (κ3) is 2.77. The quantitative estimate of drug-likeness (QED) is 0.919. The van der Waals surface area contributed by atoms with Gasteiger partial charge < -0.3 is 14.8 Å². The Bertz CT molecular complexity index is 696. The Morgan fingerprint density at radius 2 is 2.09 bits per heavy atom. The second-order valence-electron chi connectivity index (χ2n) is 5.46. The average molecular weight is 301 g/mol. The van der Waals surface area contributed by atoms with E-state index in [-0.39, 0.29) is 17.7 Å². The number of methoxy groups -OCH3 is 2. The first-order valence-corrected chi connectivity index (χ1v) is 7.14. The predicted molar refractivity (Wildman–Crippen MR) is 82.2 cm³/mol. The van der Waals surface area contributed by atoms with E-state index in [4.69, 9.17) is 9.47 Å². The molecule has 6 nitrogen and oxygen atoms in total. The van der Waals surface area contributed by atoms with E-state index in [2.05, 4.69) is 10.4 Å². The number of anilines is 1. The molecule has 0 aliphatic heterocycles. The fourth-order valence-electron chi connectivity index (χ4n) is 2.63. The smallest absolute Gasteiger partial charge is 0.228 e. The van der Waals surface area contributed by atoms with Gasteiger partial charge in [-0.1, -0.05) is 0 Å². The number of aromatic nitrogens is 2. The number of amides is 1. The lowest BCUT2D eigenvalue weighted by atomic mass is 10.2. The SMILES string of the molecule is COc1ccc(NC(=O)[C@H]2C[C@H]2c2cnn(C)c2)cc1OC. The molecule has 1 aromatic carbocycles. The minimum Gasteiger partial charge on any atom is -0.493 e. The normalized spacial score (nSPS) is 19.6. The molecule has 3 rings (SSSR count). The van der Waals surface area contributed by atoms with Gasteiger partial charge in [0.25, 0.3) is 0 Å². The molecule has 22 heavy (non-hydrogen) atoms. The minimum absolute atomic E-state index is 0.0114. The zero-order valence-corrected chi connectivity index (χ0v) is 12.9. The summed E-state index contributed by atoms with van der Waals surface area (Å²) in [5.74, 6) is 1.55. The number of nitrogens with zero attached hydrogens (tertiary/aromatic N) is 2. The van der Waals surface area contributed by atoms with Crippen LogP contribution in [-0.4, -0.2) is 29.9 Å². The van der Waals surface area contributed by atoms with E-state index < -0.39 is 0 Å². The highest BCUT2D eigenvalue weighted by Gasteiger charge is 2.44. The lowest BCUT2D eigenvalue weighted by Gasteiger charge is -2.10. The summed E-state index contributed by atoms with van der Waals surface area (Å²) in [6.07, 6.45) is 4.66. The standard InChI is InChI=1S/C16H19N3O3/c1-19-9-10(8-17-19)12-7-13(12)16(20)18-11-4-5-14(21-2)15(6-11)22-3/h4-6,8-9,12-13H,7H2,1-3H3,(H,18,20)/t12-,13-/m0/s1. The molecule has 0 unspecified atom stereocenters. The number of ether oxygens (including phenoxy) is 2. The van der Waals surface area contributed by atoms with Gasteiger partial charge in [0, 0.05) is 30.9 Å². The van der Waals surface area contributed by atoms with Crippen molar-refractivity contribution in [3.63, 3.8) is 0 Å². The average Bonchev–Trinajstić information content (AvgIpc) is 3.22. The minimum atomic E-state index is 0.0114. The molecular formula is C16H19N3O3. The van der Waals surface area contributed by atoms with Gasteiger partial charge in [0.2, 0.25) is 5.91 Å². The largest absolute Gasteiger partial charge is 0.493 e. The number of hydrogen-bond acceptors (Lipinski definition) is 4. The molecule has 1 N–H and O–H groups in total. The first kappa shape index (κ1) is 14.4. The fraction of sp³-hybridized carbons (Fsp3) is 0.375. The number of nitrogens with one attached hydrogen (secondary N) is 1. The Kier molecular flexibility index (Phi) is 3.75. The molecule has 1 heterocycles. The third-order valence-electron chi connectivity index (χ3n) is 3.93. The van der Waals surface area contributed by atoms with Gasteiger partial charge in [-0.3, -0.25) is 9.48 Å². The van der Waals surface area contributed by atoms with Crippen LogP contribution >= 0.6 is 0 Å². The number of hydrogen-bond donors (Lipinski definition) is 1. The molecule has 1 fully saturated rings. The summed E-state index contributed by atoms with van der Waals surface area (Å²) in [5.41, 5.74) is 1.83. The molecule has 0 bridgehead atoms. The molecule has 1 amide bonds. The Morgan fingerprint density at radius 1 is 1.32 bits per heavy atom. The van der Waals surface area contributed by atoms with Crippen molar-refractivity contribution >= 4 is 11.6 Å². The lowest BCUT2D eigenvalue weighted by molar-refractivity contribution is -0.117. The van der Waals surface area contributed by atoms with Crippen LogP contribution in [0.3, 0.4) is 0 Å². The molecule has 1 aliphatic rings. The van der Waals surface area contributed by atoms with Crippen LogP contribution in [0.2, 0.25) is 0 Å². The van der Waals surface area contributed by atoms with Gasteiger partial charge in [0.15, 0.2) is 11.5 Å². The Balaban J connectivity index is 1.65. The summed E-state index contributed by atoms with van der Waals surface area (Å²) < 4.78 is 12.2. The molecule has 1 aliphatic carbocycles. The van der Waals surface area contributed by atoms with Crippen molar-refractivity contribution in [2.45, 2.75) is 12.3 Å².